The summed E-state index contributed by atoms with van der Waals surface area (Å²) in [5.74, 6) is 1.38. The third-order valence-electron chi connectivity index (χ3n) is 4.86. The van der Waals surface area contributed by atoms with Crippen LogP contribution in [0.4, 0.5) is 0 Å². The zero-order valence-corrected chi connectivity index (χ0v) is 15.7. The second-order valence-corrected chi connectivity index (χ2v) is 7.82. The number of rotatable bonds is 4. The first-order chi connectivity index (χ1) is 10.9. The molecule has 24 heavy (non-hydrogen) atoms. The van der Waals surface area contributed by atoms with Gasteiger partial charge >= 0.3 is 0 Å². The van der Waals surface area contributed by atoms with Crippen molar-refractivity contribution in [1.29, 1.82) is 0 Å². The molecule has 1 aromatic heterocycles. The van der Waals surface area contributed by atoms with Crippen molar-refractivity contribution >= 4 is 12.4 Å². The molecule has 3 rings (SSSR count). The first-order valence-corrected chi connectivity index (χ1v) is 8.58. The Bertz CT molecular complexity index is 652. The van der Waals surface area contributed by atoms with Crippen molar-refractivity contribution in [3.05, 3.63) is 47.1 Å². The summed E-state index contributed by atoms with van der Waals surface area (Å²) >= 11 is 0. The van der Waals surface area contributed by atoms with E-state index in [2.05, 4.69) is 55.2 Å². The zero-order chi connectivity index (χ0) is 16.5. The summed E-state index contributed by atoms with van der Waals surface area (Å²) in [6.45, 7) is 6.69. The number of halogens is 1. The highest BCUT2D eigenvalue weighted by molar-refractivity contribution is 5.85. The van der Waals surface area contributed by atoms with Gasteiger partial charge in [-0.05, 0) is 35.8 Å². The first-order valence-electron chi connectivity index (χ1n) is 8.58. The van der Waals surface area contributed by atoms with Crippen molar-refractivity contribution in [3.63, 3.8) is 0 Å². The lowest BCUT2D eigenvalue weighted by Crippen LogP contribution is -2.34. The smallest absolute Gasteiger partial charge is 0.227 e. The summed E-state index contributed by atoms with van der Waals surface area (Å²) in [5.41, 5.74) is 8.85. The van der Waals surface area contributed by atoms with E-state index in [-0.39, 0.29) is 23.4 Å². The number of hydrogen-bond acceptors (Lipinski definition) is 4. The van der Waals surface area contributed by atoms with Crippen LogP contribution in [0.1, 0.15) is 69.3 Å². The maximum atomic E-state index is 6.37. The van der Waals surface area contributed by atoms with Crippen LogP contribution in [0.3, 0.4) is 0 Å². The number of hydrogen-bond donors (Lipinski definition) is 1. The molecule has 0 unspecified atom stereocenters. The fourth-order valence-corrected chi connectivity index (χ4v) is 3.21. The van der Waals surface area contributed by atoms with Crippen LogP contribution in [-0.2, 0) is 23.8 Å². The Morgan fingerprint density at radius 2 is 1.71 bits per heavy atom. The van der Waals surface area contributed by atoms with Crippen molar-refractivity contribution in [2.45, 2.75) is 70.3 Å². The normalized spacial score (nSPS) is 16.8. The van der Waals surface area contributed by atoms with Crippen LogP contribution >= 0.6 is 12.4 Å². The second kappa shape index (κ2) is 7.24. The maximum absolute atomic E-state index is 6.37. The first kappa shape index (κ1) is 18.9. The van der Waals surface area contributed by atoms with E-state index in [0.717, 1.165) is 38.5 Å². The van der Waals surface area contributed by atoms with E-state index in [4.69, 9.17) is 10.3 Å². The molecule has 2 aromatic rings. The highest BCUT2D eigenvalue weighted by atomic mass is 35.5. The standard InChI is InChI=1S/C19H27N3O.ClH/c1-18(2,3)15-9-6-14(7-10-15)8-11-16-21-17(22-23-16)19(20)12-4-5-13-19;/h6-7,9-10H,4-5,8,11-13,20H2,1-3H3;1H. The summed E-state index contributed by atoms with van der Waals surface area (Å²) in [7, 11) is 0. The molecule has 1 aliphatic carbocycles. The van der Waals surface area contributed by atoms with E-state index in [0.29, 0.717) is 11.7 Å². The molecule has 1 saturated carbocycles. The highest BCUT2D eigenvalue weighted by Gasteiger charge is 2.35. The van der Waals surface area contributed by atoms with Gasteiger partial charge in [-0.15, -0.1) is 12.4 Å². The molecule has 0 aliphatic heterocycles. The van der Waals surface area contributed by atoms with Gasteiger partial charge in [0.05, 0.1) is 5.54 Å². The largest absolute Gasteiger partial charge is 0.339 e. The molecule has 4 nitrogen and oxygen atoms in total. The Balaban J connectivity index is 0.00000208. The number of aromatic nitrogens is 2. The van der Waals surface area contributed by atoms with E-state index in [1.54, 1.807) is 0 Å². The second-order valence-electron chi connectivity index (χ2n) is 7.82. The average molecular weight is 350 g/mol. The lowest BCUT2D eigenvalue weighted by molar-refractivity contribution is 0.348. The van der Waals surface area contributed by atoms with Gasteiger partial charge in [0.25, 0.3) is 0 Å². The van der Waals surface area contributed by atoms with Crippen LogP contribution in [0.25, 0.3) is 0 Å². The number of aryl methyl sites for hydroxylation is 2. The topological polar surface area (TPSA) is 64.9 Å². The Labute approximate surface area is 150 Å². The van der Waals surface area contributed by atoms with Crippen LogP contribution in [0.15, 0.2) is 28.8 Å². The summed E-state index contributed by atoms with van der Waals surface area (Å²) in [5, 5.41) is 4.12. The molecule has 0 spiro atoms. The maximum Gasteiger partial charge on any atom is 0.227 e. The molecule has 0 atom stereocenters. The van der Waals surface area contributed by atoms with E-state index in [9.17, 15) is 0 Å². The van der Waals surface area contributed by atoms with Crippen molar-refractivity contribution in [3.8, 4) is 0 Å². The van der Waals surface area contributed by atoms with Crippen molar-refractivity contribution in [2.24, 2.45) is 5.73 Å². The third-order valence-corrected chi connectivity index (χ3v) is 4.86. The number of benzene rings is 1. The molecule has 5 heteroatoms. The van der Waals surface area contributed by atoms with E-state index < -0.39 is 0 Å². The highest BCUT2D eigenvalue weighted by Crippen LogP contribution is 2.34. The van der Waals surface area contributed by atoms with E-state index >= 15 is 0 Å². The molecule has 0 bridgehead atoms. The van der Waals surface area contributed by atoms with Gasteiger partial charge in [-0.25, -0.2) is 0 Å². The predicted molar refractivity (Wildman–Crippen MR) is 98.4 cm³/mol. The minimum Gasteiger partial charge on any atom is -0.339 e. The van der Waals surface area contributed by atoms with Gasteiger partial charge in [0, 0.05) is 6.42 Å². The molecule has 0 amide bonds. The van der Waals surface area contributed by atoms with Gasteiger partial charge in [0.1, 0.15) is 0 Å². The fraction of sp³-hybridized carbons (Fsp3) is 0.579. The van der Waals surface area contributed by atoms with Crippen LogP contribution < -0.4 is 5.73 Å². The third kappa shape index (κ3) is 4.17. The van der Waals surface area contributed by atoms with Crippen LogP contribution in [-0.4, -0.2) is 10.1 Å². The van der Waals surface area contributed by atoms with Crippen LogP contribution in [0.2, 0.25) is 0 Å². The van der Waals surface area contributed by atoms with Gasteiger partial charge in [0.15, 0.2) is 5.82 Å². The van der Waals surface area contributed by atoms with Crippen molar-refractivity contribution in [2.75, 3.05) is 0 Å². The van der Waals surface area contributed by atoms with Gasteiger partial charge < -0.3 is 10.3 Å². The van der Waals surface area contributed by atoms with Crippen LogP contribution in [0.5, 0.6) is 0 Å². The molecule has 0 radical (unpaired) electrons. The Morgan fingerprint density at radius 3 is 2.29 bits per heavy atom. The molecule has 2 N–H and O–H groups in total. The monoisotopic (exact) mass is 349 g/mol. The molecule has 1 aromatic carbocycles. The van der Waals surface area contributed by atoms with Gasteiger partial charge in [-0.3, -0.25) is 0 Å². The van der Waals surface area contributed by atoms with E-state index in [1.165, 1.54) is 11.1 Å². The van der Waals surface area contributed by atoms with E-state index in [1.807, 2.05) is 0 Å². The molecule has 132 valence electrons. The predicted octanol–water partition coefficient (Wildman–Crippen LogP) is 4.30. The molecule has 1 fully saturated rings. The van der Waals surface area contributed by atoms with Crippen LogP contribution in [0, 0.1) is 0 Å². The Kier molecular flexibility index (Phi) is 5.71. The molecule has 0 saturated heterocycles. The Morgan fingerprint density at radius 1 is 1.08 bits per heavy atom. The molecule has 1 aliphatic rings. The summed E-state index contributed by atoms with van der Waals surface area (Å²) in [4.78, 5) is 4.53. The SMILES string of the molecule is CC(C)(C)c1ccc(CCc2nc(C3(N)CCCC3)no2)cc1.Cl. The lowest BCUT2D eigenvalue weighted by atomic mass is 9.86. The molecular formula is C19H28ClN3O. The summed E-state index contributed by atoms with van der Waals surface area (Å²) < 4.78 is 5.40. The average Bonchev–Trinajstić information content (AvgIpc) is 3.14. The minimum atomic E-state index is -0.365. The van der Waals surface area contributed by atoms with Crippen molar-refractivity contribution < 1.29 is 4.52 Å². The molecular weight excluding hydrogens is 322 g/mol. The fourth-order valence-electron chi connectivity index (χ4n) is 3.21. The summed E-state index contributed by atoms with van der Waals surface area (Å²) in [6.07, 6.45) is 5.89. The van der Waals surface area contributed by atoms with Gasteiger partial charge in [-0.1, -0.05) is 63.0 Å². The quantitative estimate of drug-likeness (QED) is 0.893. The van der Waals surface area contributed by atoms with Gasteiger partial charge in [-0.2, -0.15) is 4.98 Å². The lowest BCUT2D eigenvalue weighted by Gasteiger charge is -2.19. The number of nitrogens with two attached hydrogens (primary N) is 1. The summed E-state index contributed by atoms with van der Waals surface area (Å²) in [6, 6.07) is 8.81. The zero-order valence-electron chi connectivity index (χ0n) is 14.8. The Hall–Kier alpha value is -1.39. The number of nitrogens with zero attached hydrogens (tertiary/aromatic N) is 2. The molecule has 1 heterocycles. The minimum absolute atomic E-state index is 0. The van der Waals surface area contributed by atoms with Gasteiger partial charge in [0.2, 0.25) is 5.89 Å². The van der Waals surface area contributed by atoms with Crippen molar-refractivity contribution in [1.82, 2.24) is 10.1 Å².